The Balaban J connectivity index is 1.55. The standard InChI is InChI=1S/C17H23ClN4/c1-13(15-4-3-5-16(18)10-15)11-22-8-6-14(7-9-22)17-20-19-12-21(17)2/h3-5,10,12-14H,6-9,11H2,1-2H3/t13-/m1/s1. The van der Waals surface area contributed by atoms with Crippen LogP contribution in [0.15, 0.2) is 30.6 Å². The number of piperidine rings is 1. The molecule has 0 saturated carbocycles. The summed E-state index contributed by atoms with van der Waals surface area (Å²) < 4.78 is 2.05. The summed E-state index contributed by atoms with van der Waals surface area (Å²) in [6.45, 7) is 5.62. The Morgan fingerprint density at radius 1 is 1.32 bits per heavy atom. The summed E-state index contributed by atoms with van der Waals surface area (Å²) in [6, 6.07) is 8.22. The van der Waals surface area contributed by atoms with Gasteiger partial charge in [-0.15, -0.1) is 10.2 Å². The number of aryl methyl sites for hydroxylation is 1. The Morgan fingerprint density at radius 3 is 2.73 bits per heavy atom. The van der Waals surface area contributed by atoms with Gasteiger partial charge in [0.2, 0.25) is 0 Å². The third-order valence-corrected chi connectivity index (χ3v) is 4.88. The van der Waals surface area contributed by atoms with Crippen LogP contribution in [0.25, 0.3) is 0 Å². The Kier molecular flexibility index (Phi) is 4.79. The molecule has 0 radical (unpaired) electrons. The molecule has 22 heavy (non-hydrogen) atoms. The van der Waals surface area contributed by atoms with Gasteiger partial charge in [0.05, 0.1) is 0 Å². The number of halogens is 1. The molecular weight excluding hydrogens is 296 g/mol. The van der Waals surface area contributed by atoms with Crippen molar-refractivity contribution < 1.29 is 0 Å². The van der Waals surface area contributed by atoms with Gasteiger partial charge in [-0.2, -0.15) is 0 Å². The smallest absolute Gasteiger partial charge is 0.135 e. The highest BCUT2D eigenvalue weighted by Crippen LogP contribution is 2.28. The first-order valence-corrected chi connectivity index (χ1v) is 8.33. The number of hydrogen-bond donors (Lipinski definition) is 0. The molecule has 2 heterocycles. The first-order chi connectivity index (χ1) is 10.6. The van der Waals surface area contributed by atoms with Gasteiger partial charge >= 0.3 is 0 Å². The van der Waals surface area contributed by atoms with Crippen LogP contribution in [0.1, 0.15) is 43.0 Å². The fourth-order valence-corrected chi connectivity index (χ4v) is 3.54. The molecule has 5 heteroatoms. The Morgan fingerprint density at radius 2 is 2.09 bits per heavy atom. The summed E-state index contributed by atoms with van der Waals surface area (Å²) in [6.07, 6.45) is 4.12. The molecule has 0 bridgehead atoms. The van der Waals surface area contributed by atoms with Crippen LogP contribution in [0.3, 0.4) is 0 Å². The third kappa shape index (κ3) is 3.50. The molecule has 118 valence electrons. The molecule has 1 aliphatic heterocycles. The maximum Gasteiger partial charge on any atom is 0.135 e. The molecule has 4 nitrogen and oxygen atoms in total. The largest absolute Gasteiger partial charge is 0.320 e. The van der Waals surface area contributed by atoms with Gasteiger partial charge in [0.1, 0.15) is 12.2 Å². The van der Waals surface area contributed by atoms with Crippen molar-refractivity contribution in [3.05, 3.63) is 47.0 Å². The molecule has 0 unspecified atom stereocenters. The van der Waals surface area contributed by atoms with Crippen molar-refractivity contribution in [3.8, 4) is 0 Å². The normalized spacial score (nSPS) is 18.5. The van der Waals surface area contributed by atoms with E-state index in [0.29, 0.717) is 11.8 Å². The number of rotatable bonds is 4. The van der Waals surface area contributed by atoms with Crippen LogP contribution in [-0.2, 0) is 7.05 Å². The number of aromatic nitrogens is 3. The molecule has 1 aromatic carbocycles. The highest BCUT2D eigenvalue weighted by Gasteiger charge is 2.24. The van der Waals surface area contributed by atoms with Crippen LogP contribution in [0.5, 0.6) is 0 Å². The second-order valence-electron chi connectivity index (χ2n) is 6.33. The Hall–Kier alpha value is -1.39. The van der Waals surface area contributed by atoms with Crippen molar-refractivity contribution >= 4 is 11.6 Å². The van der Waals surface area contributed by atoms with E-state index in [9.17, 15) is 0 Å². The molecule has 1 aromatic heterocycles. The van der Waals surface area contributed by atoms with E-state index in [1.165, 1.54) is 5.56 Å². The van der Waals surface area contributed by atoms with E-state index in [2.05, 4.69) is 38.7 Å². The minimum Gasteiger partial charge on any atom is -0.320 e. The van der Waals surface area contributed by atoms with E-state index in [1.807, 2.05) is 19.2 Å². The van der Waals surface area contributed by atoms with Gasteiger partial charge in [0, 0.05) is 24.5 Å². The van der Waals surface area contributed by atoms with Crippen LogP contribution in [0.4, 0.5) is 0 Å². The zero-order chi connectivity index (χ0) is 15.5. The maximum absolute atomic E-state index is 6.09. The zero-order valence-corrected chi connectivity index (χ0v) is 14.0. The quantitative estimate of drug-likeness (QED) is 0.866. The van der Waals surface area contributed by atoms with Gasteiger partial charge in [-0.1, -0.05) is 30.7 Å². The van der Waals surface area contributed by atoms with Gasteiger partial charge in [0.25, 0.3) is 0 Å². The maximum atomic E-state index is 6.09. The topological polar surface area (TPSA) is 34.0 Å². The number of likely N-dealkylation sites (tertiary alicyclic amines) is 1. The van der Waals surface area contributed by atoms with E-state index >= 15 is 0 Å². The molecule has 0 amide bonds. The molecule has 1 fully saturated rings. The van der Waals surface area contributed by atoms with Gasteiger partial charge in [-0.3, -0.25) is 0 Å². The molecule has 1 aliphatic rings. The Labute approximate surface area is 137 Å². The van der Waals surface area contributed by atoms with E-state index in [0.717, 1.165) is 43.3 Å². The van der Waals surface area contributed by atoms with Crippen LogP contribution in [0, 0.1) is 0 Å². The van der Waals surface area contributed by atoms with Gasteiger partial charge < -0.3 is 9.47 Å². The third-order valence-electron chi connectivity index (χ3n) is 4.65. The molecule has 0 spiro atoms. The Bertz CT molecular complexity index is 617. The first kappa shape index (κ1) is 15.5. The van der Waals surface area contributed by atoms with Crippen LogP contribution in [0.2, 0.25) is 5.02 Å². The van der Waals surface area contributed by atoms with E-state index in [1.54, 1.807) is 6.33 Å². The fraction of sp³-hybridized carbons (Fsp3) is 0.529. The molecular formula is C17H23ClN4. The molecule has 2 aromatic rings. The van der Waals surface area contributed by atoms with Crippen molar-refractivity contribution in [2.75, 3.05) is 19.6 Å². The lowest BCUT2D eigenvalue weighted by Gasteiger charge is -2.33. The van der Waals surface area contributed by atoms with Crippen molar-refractivity contribution in [2.24, 2.45) is 7.05 Å². The monoisotopic (exact) mass is 318 g/mol. The summed E-state index contributed by atoms with van der Waals surface area (Å²) in [5, 5.41) is 9.09. The lowest BCUT2D eigenvalue weighted by atomic mass is 9.94. The molecule has 1 atom stereocenters. The number of hydrogen-bond acceptors (Lipinski definition) is 3. The number of benzene rings is 1. The van der Waals surface area contributed by atoms with Gasteiger partial charge in [-0.05, 0) is 49.5 Å². The molecule has 0 aliphatic carbocycles. The predicted molar refractivity (Wildman–Crippen MR) is 89.3 cm³/mol. The van der Waals surface area contributed by atoms with Crippen LogP contribution in [-0.4, -0.2) is 39.3 Å². The van der Waals surface area contributed by atoms with E-state index in [-0.39, 0.29) is 0 Å². The van der Waals surface area contributed by atoms with Crippen LogP contribution >= 0.6 is 11.6 Å². The van der Waals surface area contributed by atoms with Gasteiger partial charge in [-0.25, -0.2) is 0 Å². The lowest BCUT2D eigenvalue weighted by molar-refractivity contribution is 0.199. The number of nitrogens with zero attached hydrogens (tertiary/aromatic N) is 4. The fourth-order valence-electron chi connectivity index (χ4n) is 3.34. The summed E-state index contributed by atoms with van der Waals surface area (Å²) in [7, 11) is 2.03. The summed E-state index contributed by atoms with van der Waals surface area (Å²) in [5.41, 5.74) is 1.32. The second-order valence-corrected chi connectivity index (χ2v) is 6.77. The zero-order valence-electron chi connectivity index (χ0n) is 13.2. The average molecular weight is 319 g/mol. The molecule has 0 N–H and O–H groups in total. The molecule has 3 rings (SSSR count). The molecule has 1 saturated heterocycles. The lowest BCUT2D eigenvalue weighted by Crippen LogP contribution is -2.36. The summed E-state index contributed by atoms with van der Waals surface area (Å²) >= 11 is 6.09. The van der Waals surface area contributed by atoms with Crippen molar-refractivity contribution in [2.45, 2.75) is 31.6 Å². The van der Waals surface area contributed by atoms with Crippen molar-refractivity contribution in [3.63, 3.8) is 0 Å². The minimum absolute atomic E-state index is 0.505. The van der Waals surface area contributed by atoms with Crippen LogP contribution < -0.4 is 0 Å². The van der Waals surface area contributed by atoms with E-state index < -0.39 is 0 Å². The van der Waals surface area contributed by atoms with E-state index in [4.69, 9.17) is 11.6 Å². The second kappa shape index (κ2) is 6.80. The first-order valence-electron chi connectivity index (χ1n) is 7.95. The summed E-state index contributed by atoms with van der Waals surface area (Å²) in [4.78, 5) is 2.55. The highest BCUT2D eigenvalue weighted by atomic mass is 35.5. The minimum atomic E-state index is 0.505. The average Bonchev–Trinajstić information content (AvgIpc) is 2.94. The highest BCUT2D eigenvalue weighted by molar-refractivity contribution is 6.30. The predicted octanol–water partition coefficient (Wildman–Crippen LogP) is 3.45. The van der Waals surface area contributed by atoms with Crippen molar-refractivity contribution in [1.82, 2.24) is 19.7 Å². The van der Waals surface area contributed by atoms with Gasteiger partial charge in [0.15, 0.2) is 0 Å². The SMILES string of the molecule is C[C@H](CN1CCC(c2nncn2C)CC1)c1cccc(Cl)c1. The van der Waals surface area contributed by atoms with Crippen molar-refractivity contribution in [1.29, 1.82) is 0 Å². The summed E-state index contributed by atoms with van der Waals surface area (Å²) in [5.74, 6) is 2.18.